The third-order valence-electron chi connectivity index (χ3n) is 2.90. The first-order chi connectivity index (χ1) is 8.49. The zero-order valence-electron chi connectivity index (χ0n) is 8.73. The lowest BCUT2D eigenvalue weighted by Gasteiger charge is -2.04. The molecule has 18 heavy (non-hydrogen) atoms. The molecule has 1 aliphatic carbocycles. The van der Waals surface area contributed by atoms with Crippen molar-refractivity contribution in [1.82, 2.24) is 0 Å². The Morgan fingerprint density at radius 2 is 1.11 bits per heavy atom. The van der Waals surface area contributed by atoms with Crippen LogP contribution in [0.25, 0.3) is 11.1 Å². The van der Waals surface area contributed by atoms with E-state index in [4.69, 9.17) is 0 Å². The summed E-state index contributed by atoms with van der Waals surface area (Å²) in [7, 11) is 0. The average Bonchev–Trinajstić information content (AvgIpc) is 2.56. The van der Waals surface area contributed by atoms with E-state index in [-0.39, 0.29) is 5.78 Å². The van der Waals surface area contributed by atoms with E-state index in [0.29, 0.717) is 0 Å². The van der Waals surface area contributed by atoms with Gasteiger partial charge >= 0.3 is 0 Å². The lowest BCUT2D eigenvalue weighted by molar-refractivity contribution is 0.104. The van der Waals surface area contributed by atoms with E-state index in [1.54, 1.807) is 0 Å². The first-order valence-corrected chi connectivity index (χ1v) is 8.76. The van der Waals surface area contributed by atoms with Crippen LogP contribution < -0.4 is 0 Å². The second-order valence-corrected chi connectivity index (χ2v) is 7.99. The summed E-state index contributed by atoms with van der Waals surface area (Å²) in [6.07, 6.45) is 0. The molecule has 1 nitrogen and oxygen atoms in total. The average molecular weight is 590 g/mol. The summed E-state index contributed by atoms with van der Waals surface area (Å²) in [5.74, 6) is 0.106. The molecule has 0 amide bonds. The first kappa shape index (κ1) is 13.5. The molecule has 0 radical (unpaired) electrons. The molecule has 0 aliphatic heterocycles. The maximum absolute atomic E-state index is 12.4. The van der Waals surface area contributed by atoms with Gasteiger partial charge in [0.2, 0.25) is 0 Å². The molecule has 1 aliphatic rings. The molecule has 0 bridgehead atoms. The standard InChI is InChI=1S/C13H4Br2I2O/c14-9-1-7-5(3-11(9)16)6-4-12(17)10(15)2-8(6)13(7)18/h1-4H. The molecule has 90 valence electrons. The molecule has 0 unspecified atom stereocenters. The number of hydrogen-bond acceptors (Lipinski definition) is 1. The maximum atomic E-state index is 12.4. The predicted molar refractivity (Wildman–Crippen MR) is 96.1 cm³/mol. The van der Waals surface area contributed by atoms with Gasteiger partial charge in [0.05, 0.1) is 0 Å². The van der Waals surface area contributed by atoms with Crippen LogP contribution in [0.3, 0.4) is 0 Å². The van der Waals surface area contributed by atoms with Gasteiger partial charge in [-0.3, -0.25) is 4.79 Å². The molecule has 3 rings (SSSR count). The van der Waals surface area contributed by atoms with Crippen LogP contribution in [-0.2, 0) is 0 Å². The van der Waals surface area contributed by atoms with Crippen LogP contribution in [0.15, 0.2) is 33.2 Å². The Labute approximate surface area is 148 Å². The zero-order chi connectivity index (χ0) is 13.0. The SMILES string of the molecule is O=C1c2cc(Br)c(I)cc2-c2cc(I)c(Br)cc21. The van der Waals surface area contributed by atoms with E-state index in [1.807, 2.05) is 12.1 Å². The van der Waals surface area contributed by atoms with Crippen LogP contribution >= 0.6 is 77.0 Å². The van der Waals surface area contributed by atoms with Gasteiger partial charge in [0.25, 0.3) is 0 Å². The van der Waals surface area contributed by atoms with Crippen molar-refractivity contribution in [2.24, 2.45) is 0 Å². The van der Waals surface area contributed by atoms with Gasteiger partial charge in [-0.25, -0.2) is 0 Å². The van der Waals surface area contributed by atoms with E-state index in [0.717, 1.165) is 38.3 Å². The van der Waals surface area contributed by atoms with Crippen LogP contribution in [-0.4, -0.2) is 5.78 Å². The highest BCUT2D eigenvalue weighted by Gasteiger charge is 2.28. The molecule has 0 N–H and O–H groups in total. The molecule has 5 heteroatoms. The Hall–Kier alpha value is 0.530. The lowest BCUT2D eigenvalue weighted by atomic mass is 10.1. The van der Waals surface area contributed by atoms with Gasteiger partial charge < -0.3 is 0 Å². The Morgan fingerprint density at radius 1 is 0.722 bits per heavy atom. The summed E-state index contributed by atoms with van der Waals surface area (Å²) in [6.45, 7) is 0. The van der Waals surface area contributed by atoms with Crippen LogP contribution in [0, 0.1) is 7.14 Å². The third-order valence-corrected chi connectivity index (χ3v) is 7.48. The highest BCUT2D eigenvalue weighted by molar-refractivity contribution is 14.1. The van der Waals surface area contributed by atoms with E-state index in [1.165, 1.54) is 0 Å². The molecule has 2 aromatic carbocycles. The molecule has 0 atom stereocenters. The zero-order valence-corrected chi connectivity index (χ0v) is 16.2. The van der Waals surface area contributed by atoms with Gasteiger partial charge in [-0.2, -0.15) is 0 Å². The molecule has 0 spiro atoms. The van der Waals surface area contributed by atoms with Crippen molar-refractivity contribution in [3.63, 3.8) is 0 Å². The van der Waals surface area contributed by atoms with E-state index < -0.39 is 0 Å². The Kier molecular flexibility index (Phi) is 3.62. The summed E-state index contributed by atoms with van der Waals surface area (Å²) < 4.78 is 4.17. The van der Waals surface area contributed by atoms with Crippen molar-refractivity contribution in [2.45, 2.75) is 0 Å². The summed E-state index contributed by atoms with van der Waals surface area (Å²) in [6, 6.07) is 7.96. The number of halogens is 4. The molecular formula is C13H4Br2I2O. The Bertz CT molecular complexity index is 651. The van der Waals surface area contributed by atoms with E-state index in [9.17, 15) is 4.79 Å². The second-order valence-electron chi connectivity index (χ2n) is 3.95. The number of hydrogen-bond donors (Lipinski definition) is 0. The monoisotopic (exact) mass is 588 g/mol. The molecule has 0 saturated heterocycles. The topological polar surface area (TPSA) is 17.1 Å². The number of ketones is 1. The Morgan fingerprint density at radius 3 is 1.50 bits per heavy atom. The van der Waals surface area contributed by atoms with Crippen LogP contribution in [0.2, 0.25) is 0 Å². The minimum atomic E-state index is 0.106. The van der Waals surface area contributed by atoms with Crippen molar-refractivity contribution in [3.8, 4) is 11.1 Å². The summed E-state index contributed by atoms with van der Waals surface area (Å²) in [5.41, 5.74) is 3.64. The first-order valence-electron chi connectivity index (χ1n) is 5.02. The normalized spacial score (nSPS) is 12.6. The Balaban J connectivity index is 2.37. The fraction of sp³-hybridized carbons (Fsp3) is 0. The highest BCUT2D eigenvalue weighted by atomic mass is 127. The van der Waals surface area contributed by atoms with Crippen molar-refractivity contribution in [1.29, 1.82) is 0 Å². The van der Waals surface area contributed by atoms with E-state index >= 15 is 0 Å². The minimum absolute atomic E-state index is 0.106. The van der Waals surface area contributed by atoms with Gasteiger partial charge in [0.1, 0.15) is 0 Å². The van der Waals surface area contributed by atoms with Crippen LogP contribution in [0.4, 0.5) is 0 Å². The summed E-state index contributed by atoms with van der Waals surface area (Å²) in [5, 5.41) is 0. The highest BCUT2D eigenvalue weighted by Crippen LogP contribution is 2.41. The van der Waals surface area contributed by atoms with Crippen molar-refractivity contribution in [2.75, 3.05) is 0 Å². The molecular weight excluding hydrogens is 586 g/mol. The fourth-order valence-corrected chi connectivity index (χ4v) is 3.68. The smallest absolute Gasteiger partial charge is 0.194 e. The summed E-state index contributed by atoms with van der Waals surface area (Å²) in [4.78, 5) is 12.4. The second kappa shape index (κ2) is 4.82. The van der Waals surface area contributed by atoms with E-state index in [2.05, 4.69) is 89.2 Å². The van der Waals surface area contributed by atoms with Gasteiger partial charge in [-0.15, -0.1) is 0 Å². The number of rotatable bonds is 0. The number of benzene rings is 2. The quantitative estimate of drug-likeness (QED) is 0.311. The lowest BCUT2D eigenvalue weighted by Crippen LogP contribution is -1.95. The fourth-order valence-electron chi connectivity index (χ4n) is 2.06. The van der Waals surface area contributed by atoms with Gasteiger partial charge in [0, 0.05) is 27.2 Å². The molecule has 0 aromatic heterocycles. The van der Waals surface area contributed by atoms with Crippen molar-refractivity contribution >= 4 is 82.8 Å². The molecule has 0 heterocycles. The van der Waals surface area contributed by atoms with Crippen LogP contribution in [0.1, 0.15) is 15.9 Å². The number of carbonyl (C=O) groups excluding carboxylic acids is 1. The molecule has 0 saturated carbocycles. The maximum Gasteiger partial charge on any atom is 0.194 e. The minimum Gasteiger partial charge on any atom is -0.289 e. The van der Waals surface area contributed by atoms with Crippen molar-refractivity contribution in [3.05, 3.63) is 51.5 Å². The number of carbonyl (C=O) groups is 1. The largest absolute Gasteiger partial charge is 0.289 e. The van der Waals surface area contributed by atoms with Gasteiger partial charge in [-0.1, -0.05) is 0 Å². The molecule has 2 aromatic rings. The molecule has 0 fully saturated rings. The van der Waals surface area contributed by atoms with Crippen molar-refractivity contribution < 1.29 is 4.79 Å². The third kappa shape index (κ3) is 2.01. The number of fused-ring (bicyclic) bond motifs is 3. The van der Waals surface area contributed by atoms with Gasteiger partial charge in [0.15, 0.2) is 5.78 Å². The van der Waals surface area contributed by atoms with Crippen LogP contribution in [0.5, 0.6) is 0 Å². The predicted octanol–water partition coefficient (Wildman–Crippen LogP) is 5.63. The van der Waals surface area contributed by atoms with Gasteiger partial charge in [-0.05, 0) is 112 Å². The summed E-state index contributed by atoms with van der Waals surface area (Å²) >= 11 is 11.5.